The number of aliphatic hydroxyl groups is 1. The number of phosphoric ester groups is 2. The fourth-order valence-corrected chi connectivity index (χ4v) is 11.7. The van der Waals surface area contributed by atoms with Crippen LogP contribution in [0.1, 0.15) is 337 Å². The lowest BCUT2D eigenvalue weighted by atomic mass is 9.99. The Kier molecular flexibility index (Phi) is 57.8. The van der Waals surface area contributed by atoms with Crippen LogP contribution in [0.15, 0.2) is 0 Å². The second kappa shape index (κ2) is 59.1. The molecule has 0 saturated heterocycles. The van der Waals surface area contributed by atoms with Gasteiger partial charge in [0.05, 0.1) is 26.4 Å². The topological polar surface area (TPSA) is 237 Å². The van der Waals surface area contributed by atoms with Crippen LogP contribution in [-0.2, 0) is 65.4 Å². The van der Waals surface area contributed by atoms with Crippen molar-refractivity contribution in [2.75, 3.05) is 39.6 Å². The Labute approximate surface area is 530 Å². The van der Waals surface area contributed by atoms with Gasteiger partial charge in [-0.05, 0) is 43.4 Å². The highest BCUT2D eigenvalue weighted by Crippen LogP contribution is 2.45. The summed E-state index contributed by atoms with van der Waals surface area (Å²) in [6.07, 6.45) is 41.8. The molecule has 0 aliphatic heterocycles. The first-order valence-electron chi connectivity index (χ1n) is 35.4. The first-order valence-corrected chi connectivity index (χ1v) is 38.4. The van der Waals surface area contributed by atoms with Gasteiger partial charge in [0, 0.05) is 25.7 Å². The Hall–Kier alpha value is -1.94. The number of carbonyl (C=O) groups is 4. The van der Waals surface area contributed by atoms with E-state index in [1.54, 1.807) is 0 Å². The highest BCUT2D eigenvalue weighted by Gasteiger charge is 2.30. The zero-order chi connectivity index (χ0) is 64.5. The number of hydrogen-bond donors (Lipinski definition) is 3. The number of esters is 4. The molecule has 0 radical (unpaired) electrons. The highest BCUT2D eigenvalue weighted by atomic mass is 31.2. The zero-order valence-electron chi connectivity index (χ0n) is 56.5. The van der Waals surface area contributed by atoms with Crippen molar-refractivity contribution >= 4 is 39.5 Å². The van der Waals surface area contributed by atoms with E-state index in [-0.39, 0.29) is 25.7 Å². The monoisotopic (exact) mass is 1280 g/mol. The molecule has 0 rings (SSSR count). The summed E-state index contributed by atoms with van der Waals surface area (Å²) in [7, 11) is -9.89. The quantitative estimate of drug-likeness (QED) is 0.0222. The van der Waals surface area contributed by atoms with E-state index in [0.29, 0.717) is 25.7 Å². The van der Waals surface area contributed by atoms with Crippen molar-refractivity contribution in [1.29, 1.82) is 0 Å². The van der Waals surface area contributed by atoms with Gasteiger partial charge in [-0.2, -0.15) is 0 Å². The number of aliphatic hydroxyl groups excluding tert-OH is 1. The predicted octanol–water partition coefficient (Wildman–Crippen LogP) is 19.1. The minimum absolute atomic E-state index is 0.102. The second-order valence-corrected chi connectivity index (χ2v) is 28.4. The molecule has 516 valence electrons. The Bertz CT molecular complexity index is 1720. The molecule has 0 aliphatic carbocycles. The van der Waals surface area contributed by atoms with E-state index in [4.69, 9.17) is 37.0 Å². The Morgan fingerprint density at radius 3 is 0.874 bits per heavy atom. The maximum Gasteiger partial charge on any atom is 0.472 e. The molecule has 0 aromatic carbocycles. The molecule has 0 spiro atoms. The predicted molar refractivity (Wildman–Crippen MR) is 349 cm³/mol. The van der Waals surface area contributed by atoms with E-state index < -0.39 is 97.5 Å². The van der Waals surface area contributed by atoms with Crippen molar-refractivity contribution < 1.29 is 80.2 Å². The van der Waals surface area contributed by atoms with Crippen LogP contribution in [0.3, 0.4) is 0 Å². The van der Waals surface area contributed by atoms with Gasteiger partial charge in [-0.3, -0.25) is 37.3 Å². The molecule has 3 N–H and O–H groups in total. The van der Waals surface area contributed by atoms with E-state index >= 15 is 0 Å². The van der Waals surface area contributed by atoms with E-state index in [1.165, 1.54) is 135 Å². The normalized spacial score (nSPS) is 14.9. The number of phosphoric acid groups is 2. The summed E-state index contributed by atoms with van der Waals surface area (Å²) in [6, 6.07) is 0. The van der Waals surface area contributed by atoms with Crippen molar-refractivity contribution in [2.24, 2.45) is 17.8 Å². The molecule has 17 nitrogen and oxygen atoms in total. The Morgan fingerprint density at radius 2 is 0.586 bits per heavy atom. The molecule has 19 heteroatoms. The van der Waals surface area contributed by atoms with Gasteiger partial charge in [-0.1, -0.05) is 286 Å². The smallest absolute Gasteiger partial charge is 0.462 e. The molecule has 0 saturated carbocycles. The average Bonchev–Trinajstić information content (AvgIpc) is 3.59. The van der Waals surface area contributed by atoms with Crippen molar-refractivity contribution in [3.05, 3.63) is 0 Å². The largest absolute Gasteiger partial charge is 0.472 e. The van der Waals surface area contributed by atoms with Gasteiger partial charge in [0.15, 0.2) is 12.2 Å². The number of rotatable bonds is 66. The lowest BCUT2D eigenvalue weighted by Gasteiger charge is -2.21. The molecule has 0 amide bonds. The summed E-state index contributed by atoms with van der Waals surface area (Å²) in [6.45, 7) is 11.8. The summed E-state index contributed by atoms with van der Waals surface area (Å²) >= 11 is 0. The third-order valence-electron chi connectivity index (χ3n) is 16.4. The van der Waals surface area contributed by atoms with Gasteiger partial charge in [0.1, 0.15) is 19.3 Å². The van der Waals surface area contributed by atoms with Crippen molar-refractivity contribution in [3.63, 3.8) is 0 Å². The third kappa shape index (κ3) is 60.1. The van der Waals surface area contributed by atoms with Crippen LogP contribution < -0.4 is 0 Å². The summed E-state index contributed by atoms with van der Waals surface area (Å²) < 4.78 is 68.1. The summed E-state index contributed by atoms with van der Waals surface area (Å²) in [5.74, 6) is 0.181. The van der Waals surface area contributed by atoms with Crippen LogP contribution >= 0.6 is 15.6 Å². The Balaban J connectivity index is 5.22. The van der Waals surface area contributed by atoms with Gasteiger partial charge < -0.3 is 33.8 Å². The van der Waals surface area contributed by atoms with Crippen LogP contribution in [0.4, 0.5) is 0 Å². The molecule has 4 unspecified atom stereocenters. The average molecular weight is 1280 g/mol. The van der Waals surface area contributed by atoms with Gasteiger partial charge in [-0.25, -0.2) is 9.13 Å². The molecule has 0 bridgehead atoms. The number of unbranched alkanes of at least 4 members (excludes halogenated alkanes) is 32. The molecule has 7 atom stereocenters. The molecular weight excluding hydrogens is 1150 g/mol. The third-order valence-corrected chi connectivity index (χ3v) is 18.3. The SMILES string of the molecule is CCCCCCCCCC(=O)OC[C@H](COP(=O)(O)OC[C@H](O)COP(=O)(O)OC[C@@H](COC(=O)CCCCCCCCCCCCC(C)CC)OC(=O)CCCCCCCCCCCCCCCC(C)C)OC(=O)CCCCCCCCC(C)CC. The van der Waals surface area contributed by atoms with Gasteiger partial charge in [0.2, 0.25) is 0 Å². The fourth-order valence-electron chi connectivity index (χ4n) is 10.1. The standard InChI is InChI=1S/C68H132O17P2/c1-8-11-12-13-25-35-42-49-65(70)78-55-64(85-68(73)52-45-38-31-30-34-41-48-61(7)10-3)58-83-87(76,77)81-54-62(69)53-80-86(74,75)82-57-63(56-79-66(71)50-43-36-28-23-20-19-22-27-33-40-47-60(6)9-2)84-67(72)51-44-37-29-24-18-16-14-15-17-21-26-32-39-46-59(4)5/h59-64,69H,8-58H2,1-7H3,(H,74,75)(H,76,77)/t60?,61?,62-,63-,64-/m1/s1. The number of hydrogen-bond acceptors (Lipinski definition) is 15. The zero-order valence-corrected chi connectivity index (χ0v) is 58.3. The van der Waals surface area contributed by atoms with E-state index in [2.05, 4.69) is 48.5 Å². The van der Waals surface area contributed by atoms with Crippen molar-refractivity contribution in [2.45, 2.75) is 356 Å². The first-order chi connectivity index (χ1) is 41.8. The number of ether oxygens (including phenoxy) is 4. The summed E-state index contributed by atoms with van der Waals surface area (Å²) in [5, 5.41) is 10.6. The maximum absolute atomic E-state index is 13.0. The first kappa shape index (κ1) is 85.1. The van der Waals surface area contributed by atoms with Crippen LogP contribution in [0.2, 0.25) is 0 Å². The second-order valence-electron chi connectivity index (χ2n) is 25.5. The lowest BCUT2D eigenvalue weighted by molar-refractivity contribution is -0.161. The molecule has 0 aliphatic rings. The van der Waals surface area contributed by atoms with Crippen LogP contribution in [0, 0.1) is 17.8 Å². The van der Waals surface area contributed by atoms with Gasteiger partial charge in [-0.15, -0.1) is 0 Å². The highest BCUT2D eigenvalue weighted by molar-refractivity contribution is 7.47. The van der Waals surface area contributed by atoms with Crippen LogP contribution in [0.25, 0.3) is 0 Å². The van der Waals surface area contributed by atoms with Gasteiger partial charge >= 0.3 is 39.5 Å². The van der Waals surface area contributed by atoms with Crippen molar-refractivity contribution in [1.82, 2.24) is 0 Å². The Morgan fingerprint density at radius 1 is 0.333 bits per heavy atom. The molecule has 0 heterocycles. The molecule has 87 heavy (non-hydrogen) atoms. The van der Waals surface area contributed by atoms with Crippen LogP contribution in [0.5, 0.6) is 0 Å². The molecule has 0 fully saturated rings. The minimum atomic E-state index is -4.95. The lowest BCUT2D eigenvalue weighted by Crippen LogP contribution is -2.30. The number of carbonyl (C=O) groups excluding carboxylic acids is 4. The fraction of sp³-hybridized carbons (Fsp3) is 0.941. The molecular formula is C68H132O17P2. The molecule has 0 aromatic heterocycles. The summed E-state index contributed by atoms with van der Waals surface area (Å²) in [4.78, 5) is 72.3. The van der Waals surface area contributed by atoms with E-state index in [9.17, 15) is 43.2 Å². The van der Waals surface area contributed by atoms with Crippen molar-refractivity contribution in [3.8, 4) is 0 Å². The van der Waals surface area contributed by atoms with Crippen LogP contribution in [-0.4, -0.2) is 96.7 Å². The van der Waals surface area contributed by atoms with E-state index in [0.717, 1.165) is 120 Å². The summed E-state index contributed by atoms with van der Waals surface area (Å²) in [5.41, 5.74) is 0. The maximum atomic E-state index is 13.0. The molecule has 0 aromatic rings. The van der Waals surface area contributed by atoms with Gasteiger partial charge in [0.25, 0.3) is 0 Å². The minimum Gasteiger partial charge on any atom is -0.462 e. The van der Waals surface area contributed by atoms with E-state index in [1.807, 2.05) is 0 Å².